The van der Waals surface area contributed by atoms with E-state index in [1.807, 2.05) is 72.8 Å². The number of hydrogen-bond acceptors (Lipinski definition) is 9. The minimum Gasteiger partial charge on any atom is -0.497 e. The molecule has 9 nitrogen and oxygen atoms in total. The number of benzene rings is 3. The summed E-state index contributed by atoms with van der Waals surface area (Å²) in [4.78, 5) is 0. The zero-order valence-corrected chi connectivity index (χ0v) is 30.0. The van der Waals surface area contributed by atoms with Crippen molar-refractivity contribution < 1.29 is 42.6 Å². The lowest BCUT2D eigenvalue weighted by Gasteiger charge is -2.45. The summed E-state index contributed by atoms with van der Waals surface area (Å²) in [6, 6.07) is 28.2. The van der Waals surface area contributed by atoms with Gasteiger partial charge in [-0.15, -0.1) is 13.2 Å². The first-order chi connectivity index (χ1) is 25.6. The molecular weight excluding hydrogens is 660 g/mol. The van der Waals surface area contributed by atoms with E-state index in [1.54, 1.807) is 7.11 Å². The van der Waals surface area contributed by atoms with Crippen LogP contribution >= 0.6 is 0 Å². The van der Waals surface area contributed by atoms with Gasteiger partial charge in [-0.25, -0.2) is 0 Å². The molecule has 3 aromatic carbocycles. The van der Waals surface area contributed by atoms with Gasteiger partial charge in [0.25, 0.3) is 0 Å². The molecule has 0 saturated carbocycles. The summed E-state index contributed by atoms with van der Waals surface area (Å²) in [5.74, 6) is 0.791. The Morgan fingerprint density at radius 2 is 1.42 bits per heavy atom. The van der Waals surface area contributed by atoms with E-state index in [2.05, 4.69) is 37.4 Å². The van der Waals surface area contributed by atoms with Crippen LogP contribution in [0.25, 0.3) is 0 Å². The summed E-state index contributed by atoms with van der Waals surface area (Å²) in [5.41, 5.74) is 3.17. The Hall–Kier alpha value is -3.38. The molecule has 0 aliphatic carbocycles. The smallest absolute Gasteiger partial charge is 0.184 e. The average Bonchev–Trinajstić information content (AvgIpc) is 3.36. The first kappa shape index (κ1) is 37.0. The van der Waals surface area contributed by atoms with Crippen LogP contribution in [0, 0.1) is 0 Å². The van der Waals surface area contributed by atoms with E-state index in [9.17, 15) is 0 Å². The van der Waals surface area contributed by atoms with Crippen LogP contribution in [0.3, 0.4) is 0 Å². The highest BCUT2D eigenvalue weighted by Crippen LogP contribution is 2.39. The van der Waals surface area contributed by atoms with Crippen molar-refractivity contribution in [3.05, 3.63) is 127 Å². The molecule has 0 bridgehead atoms. The summed E-state index contributed by atoms with van der Waals surface area (Å²) in [5, 5.41) is 0. The van der Waals surface area contributed by atoms with E-state index in [-0.39, 0.29) is 61.0 Å². The fourth-order valence-electron chi connectivity index (χ4n) is 7.71. The van der Waals surface area contributed by atoms with Crippen LogP contribution in [0.15, 0.2) is 110 Å². The Morgan fingerprint density at radius 1 is 0.692 bits per heavy atom. The molecule has 0 aromatic heterocycles. The molecule has 278 valence electrons. The van der Waals surface area contributed by atoms with Crippen LogP contribution in [-0.2, 0) is 51.1 Å². The summed E-state index contributed by atoms with van der Waals surface area (Å²) in [7, 11) is 1.66. The number of rotatable bonds is 14. The van der Waals surface area contributed by atoms with Crippen LogP contribution in [0.1, 0.15) is 55.1 Å². The normalized spacial score (nSPS) is 33.2. The molecule has 0 N–H and O–H groups in total. The van der Waals surface area contributed by atoms with Crippen molar-refractivity contribution in [3.63, 3.8) is 0 Å². The highest BCUT2D eigenvalue weighted by Gasteiger charge is 2.47. The second-order valence-electron chi connectivity index (χ2n) is 14.0. The fraction of sp³-hybridized carbons (Fsp3) is 0.488. The van der Waals surface area contributed by atoms with Crippen molar-refractivity contribution in [1.82, 2.24) is 0 Å². The lowest BCUT2D eigenvalue weighted by Crippen LogP contribution is -2.54. The van der Waals surface area contributed by atoms with E-state index in [1.165, 1.54) is 0 Å². The molecule has 7 rings (SSSR count). The summed E-state index contributed by atoms with van der Waals surface area (Å²) in [6.07, 6.45) is 4.73. The minimum atomic E-state index is -0.470. The average molecular weight is 713 g/mol. The third kappa shape index (κ3) is 9.21. The molecular formula is C43H52O9. The van der Waals surface area contributed by atoms with Crippen molar-refractivity contribution in [2.75, 3.05) is 20.3 Å². The predicted octanol–water partition coefficient (Wildman–Crippen LogP) is 7.29. The molecule has 4 aliphatic heterocycles. The summed E-state index contributed by atoms with van der Waals surface area (Å²) >= 11 is 0. The largest absolute Gasteiger partial charge is 0.497 e. The van der Waals surface area contributed by atoms with E-state index < -0.39 is 6.29 Å². The summed E-state index contributed by atoms with van der Waals surface area (Å²) in [6.45, 7) is 10.0. The minimum absolute atomic E-state index is 0.0956. The van der Waals surface area contributed by atoms with Gasteiger partial charge in [0.15, 0.2) is 6.29 Å². The van der Waals surface area contributed by atoms with Crippen LogP contribution in [0.4, 0.5) is 0 Å². The maximum Gasteiger partial charge on any atom is 0.184 e. The third-order valence-corrected chi connectivity index (χ3v) is 10.5. The van der Waals surface area contributed by atoms with Crippen LogP contribution in [0.2, 0.25) is 0 Å². The number of fused-ring (bicyclic) bond motifs is 2. The van der Waals surface area contributed by atoms with E-state index in [0.29, 0.717) is 45.7 Å². The van der Waals surface area contributed by atoms with Crippen molar-refractivity contribution in [2.24, 2.45) is 0 Å². The first-order valence-corrected chi connectivity index (χ1v) is 18.6. The van der Waals surface area contributed by atoms with Crippen molar-refractivity contribution >= 4 is 0 Å². The third-order valence-electron chi connectivity index (χ3n) is 10.5. The van der Waals surface area contributed by atoms with Gasteiger partial charge in [-0.2, -0.15) is 0 Å². The Morgan fingerprint density at radius 3 is 2.13 bits per heavy atom. The molecule has 0 radical (unpaired) electrons. The molecule has 4 aliphatic rings. The molecule has 0 spiro atoms. The second-order valence-corrected chi connectivity index (χ2v) is 14.0. The lowest BCUT2D eigenvalue weighted by atomic mass is 9.94. The molecule has 9 heteroatoms. The fourth-order valence-corrected chi connectivity index (χ4v) is 7.71. The van der Waals surface area contributed by atoms with Gasteiger partial charge in [-0.05, 0) is 42.5 Å². The van der Waals surface area contributed by atoms with Crippen LogP contribution in [-0.4, -0.2) is 81.4 Å². The Balaban J connectivity index is 1.01. The first-order valence-electron chi connectivity index (χ1n) is 18.6. The van der Waals surface area contributed by atoms with Gasteiger partial charge in [0.1, 0.15) is 24.1 Å². The van der Waals surface area contributed by atoms with Gasteiger partial charge < -0.3 is 42.6 Å². The Kier molecular flexibility index (Phi) is 12.9. The second kappa shape index (κ2) is 18.1. The molecule has 0 amide bonds. The maximum atomic E-state index is 6.99. The molecule has 4 fully saturated rings. The summed E-state index contributed by atoms with van der Waals surface area (Å²) < 4.78 is 57.8. The zero-order valence-electron chi connectivity index (χ0n) is 30.0. The van der Waals surface area contributed by atoms with E-state index in [4.69, 9.17) is 42.6 Å². The molecule has 4 saturated heterocycles. The highest BCUT2D eigenvalue weighted by atomic mass is 16.7. The Labute approximate surface area is 307 Å². The molecule has 0 unspecified atom stereocenters. The van der Waals surface area contributed by atoms with Crippen molar-refractivity contribution in [3.8, 4) is 5.75 Å². The van der Waals surface area contributed by atoms with Gasteiger partial charge in [0.05, 0.1) is 76.3 Å². The Bertz CT molecular complexity index is 1540. The van der Waals surface area contributed by atoms with Gasteiger partial charge in [-0.3, -0.25) is 0 Å². The maximum absolute atomic E-state index is 6.99. The lowest BCUT2D eigenvalue weighted by molar-refractivity contribution is -0.306. The topological polar surface area (TPSA) is 83.1 Å². The number of hydrogen-bond donors (Lipinski definition) is 0. The highest BCUT2D eigenvalue weighted by molar-refractivity contribution is 5.28. The molecule has 11 atom stereocenters. The number of methoxy groups -OCH3 is 1. The van der Waals surface area contributed by atoms with Crippen molar-refractivity contribution in [2.45, 2.75) is 113 Å². The zero-order chi connectivity index (χ0) is 35.7. The standard InChI is InChI=1S/C43H52O9/c1-4-12-34-38(23-37(46-26-30-15-10-7-11-16-30)41(50-34)27-45-25-29-13-8-6-9-14-29)49-35-21-22-36-39(48-33(35)5-2)24-40-42(51-36)28-47-43(52-40)31-17-19-32(44-3)20-18-31/h4-11,13-20,33-43H,1-2,12,21-28H2,3H3/t33-,34+,35+,36-,37+,38-,39+,40-,41-,42+,43+/m0/s1. The number of ether oxygens (including phenoxy) is 9. The predicted molar refractivity (Wildman–Crippen MR) is 196 cm³/mol. The van der Waals surface area contributed by atoms with Gasteiger partial charge in [0, 0.05) is 18.4 Å². The molecule has 52 heavy (non-hydrogen) atoms. The monoisotopic (exact) mass is 712 g/mol. The van der Waals surface area contributed by atoms with E-state index >= 15 is 0 Å². The van der Waals surface area contributed by atoms with Gasteiger partial charge >= 0.3 is 0 Å². The van der Waals surface area contributed by atoms with Crippen LogP contribution < -0.4 is 4.74 Å². The molecule has 4 heterocycles. The quantitative estimate of drug-likeness (QED) is 0.160. The van der Waals surface area contributed by atoms with Crippen LogP contribution in [0.5, 0.6) is 5.75 Å². The van der Waals surface area contributed by atoms with E-state index in [0.717, 1.165) is 35.3 Å². The molecule has 3 aromatic rings. The SMILES string of the molecule is C=CC[C@H]1O[C@@H](COCc2ccccc2)[C@H](OCc2ccccc2)C[C@@H]1O[C@@H]1CC[C@@H]2O[C@@H]3CO[C@@H](c4ccc(OC)cc4)O[C@H]3C[C@H]2O[C@H]1C=C. The van der Waals surface area contributed by atoms with Gasteiger partial charge in [0.2, 0.25) is 0 Å². The van der Waals surface area contributed by atoms with Gasteiger partial charge in [-0.1, -0.05) is 84.9 Å². The van der Waals surface area contributed by atoms with Crippen molar-refractivity contribution in [1.29, 1.82) is 0 Å².